The number of hydrogen-bond donors (Lipinski definition) is 3. The van der Waals surface area contributed by atoms with Gasteiger partial charge >= 0.3 is 5.92 Å². The molecule has 0 spiro atoms. The second kappa shape index (κ2) is 10.0. The van der Waals surface area contributed by atoms with E-state index in [1.54, 1.807) is 12.1 Å². The summed E-state index contributed by atoms with van der Waals surface area (Å²) in [5, 5.41) is 12.8. The smallest absolute Gasteiger partial charge is 0.313 e. The van der Waals surface area contributed by atoms with Gasteiger partial charge in [-0.15, -0.1) is 11.3 Å². The van der Waals surface area contributed by atoms with Gasteiger partial charge in [0, 0.05) is 16.5 Å². The van der Waals surface area contributed by atoms with Gasteiger partial charge in [0.25, 0.3) is 0 Å². The van der Waals surface area contributed by atoms with Gasteiger partial charge in [0.2, 0.25) is 0 Å². The molecule has 3 rings (SSSR count). The fraction of sp³-hybridized carbons (Fsp3) is 0.190. The lowest BCUT2D eigenvalue weighted by molar-refractivity contribution is -0.102. The first-order valence-corrected chi connectivity index (χ1v) is 10.4. The molecule has 0 saturated carbocycles. The van der Waals surface area contributed by atoms with Crippen LogP contribution in [0.3, 0.4) is 0 Å². The summed E-state index contributed by atoms with van der Waals surface area (Å²) in [7, 11) is 0. The molecule has 0 radical (unpaired) electrons. The van der Waals surface area contributed by atoms with Crippen LogP contribution in [0.15, 0.2) is 53.8 Å². The maximum Gasteiger partial charge on any atom is 0.313 e. The molecular formula is C21H19F4N7OS. The summed E-state index contributed by atoms with van der Waals surface area (Å²) in [5.41, 5.74) is 6.88. The lowest BCUT2D eigenvalue weighted by atomic mass is 9.82. The van der Waals surface area contributed by atoms with E-state index < -0.39 is 40.9 Å². The van der Waals surface area contributed by atoms with Crippen LogP contribution in [0.2, 0.25) is 0 Å². The molecule has 6 N–H and O–H groups in total. The van der Waals surface area contributed by atoms with Crippen molar-refractivity contribution in [2.45, 2.75) is 18.1 Å². The first kappa shape index (κ1) is 24.9. The maximum absolute atomic E-state index is 15.7. The molecule has 0 bridgehead atoms. The highest BCUT2D eigenvalue weighted by Crippen LogP contribution is 2.44. The lowest BCUT2D eigenvalue weighted by Crippen LogP contribution is -2.59. The average molecular weight is 493 g/mol. The van der Waals surface area contributed by atoms with Crippen molar-refractivity contribution in [1.82, 2.24) is 10.1 Å². The van der Waals surface area contributed by atoms with Crippen molar-refractivity contribution in [3.05, 3.63) is 81.3 Å². The molecule has 2 aromatic heterocycles. The first-order valence-electron chi connectivity index (χ1n) is 9.57. The zero-order valence-corrected chi connectivity index (χ0v) is 18.3. The van der Waals surface area contributed by atoms with Gasteiger partial charge in [-0.1, -0.05) is 6.07 Å². The number of hydrogen-bond acceptors (Lipinski definition) is 8. The second-order valence-electron chi connectivity index (χ2n) is 7.08. The fourth-order valence-corrected chi connectivity index (χ4v) is 3.85. The molecule has 1 atom stereocenters. The van der Waals surface area contributed by atoms with Crippen molar-refractivity contribution in [3.8, 4) is 11.8 Å². The van der Waals surface area contributed by atoms with Gasteiger partial charge in [-0.2, -0.15) is 19.1 Å². The zero-order valence-electron chi connectivity index (χ0n) is 17.5. The third-order valence-electron chi connectivity index (χ3n) is 4.81. The number of hydrazine groups is 1. The Morgan fingerprint density at radius 2 is 1.97 bits per heavy atom. The van der Waals surface area contributed by atoms with Gasteiger partial charge in [-0.05, 0) is 30.3 Å². The molecule has 0 aliphatic rings. The Kier molecular flexibility index (Phi) is 7.35. The van der Waals surface area contributed by atoms with Gasteiger partial charge in [0.05, 0.1) is 12.7 Å². The highest BCUT2D eigenvalue weighted by atomic mass is 32.1. The molecule has 1 unspecified atom stereocenters. The predicted octanol–water partition coefficient (Wildman–Crippen LogP) is 2.90. The molecule has 0 amide bonds. The van der Waals surface area contributed by atoms with E-state index in [2.05, 4.69) is 10.1 Å². The number of nitriles is 1. The second-order valence-corrected chi connectivity index (χ2v) is 8.25. The number of alkyl halides is 2. The van der Waals surface area contributed by atoms with E-state index in [0.29, 0.717) is 16.1 Å². The number of halogens is 4. The number of pyridine rings is 1. The molecule has 0 fully saturated rings. The highest BCUT2D eigenvalue weighted by molar-refractivity contribution is 7.12. The summed E-state index contributed by atoms with van der Waals surface area (Å²) in [6, 6.07) is 9.62. The maximum atomic E-state index is 15.7. The summed E-state index contributed by atoms with van der Waals surface area (Å²) in [6.07, 6.45) is 1.80. The Morgan fingerprint density at radius 3 is 2.56 bits per heavy atom. The number of rotatable bonds is 9. The van der Waals surface area contributed by atoms with Crippen LogP contribution in [0.25, 0.3) is 0 Å². The minimum atomic E-state index is -4.00. The number of nitrogens with zero attached hydrogens (tertiary/aromatic N) is 4. The van der Waals surface area contributed by atoms with Gasteiger partial charge < -0.3 is 16.2 Å². The van der Waals surface area contributed by atoms with Crippen molar-refractivity contribution in [3.63, 3.8) is 0 Å². The molecule has 2 heterocycles. The Bertz CT molecular complexity index is 1210. The van der Waals surface area contributed by atoms with E-state index in [1.807, 2.05) is 6.07 Å². The molecule has 13 heteroatoms. The van der Waals surface area contributed by atoms with Crippen LogP contribution < -0.4 is 22.0 Å². The number of hydrazone groups is 1. The summed E-state index contributed by atoms with van der Waals surface area (Å²) in [5.74, 6) is -0.504. The van der Waals surface area contributed by atoms with Crippen LogP contribution in [0.4, 0.5) is 17.6 Å². The minimum Gasteiger partial charge on any atom is -0.486 e. The van der Waals surface area contributed by atoms with Crippen LogP contribution in [-0.4, -0.2) is 23.0 Å². The van der Waals surface area contributed by atoms with E-state index >= 15 is 8.78 Å². The number of nitrogens with two attached hydrogens (primary N) is 3. The van der Waals surface area contributed by atoms with Crippen molar-refractivity contribution in [2.24, 2.45) is 22.4 Å². The molecule has 0 aliphatic carbocycles. The largest absolute Gasteiger partial charge is 0.486 e. The average Bonchev–Trinajstić information content (AvgIpc) is 3.26. The number of aromatic nitrogens is 1. The van der Waals surface area contributed by atoms with Crippen molar-refractivity contribution >= 4 is 17.7 Å². The van der Waals surface area contributed by atoms with Gasteiger partial charge in [-0.25, -0.2) is 19.7 Å². The number of benzene rings is 1. The Hall–Kier alpha value is -3.73. The van der Waals surface area contributed by atoms with E-state index in [-0.39, 0.29) is 12.4 Å². The topological polar surface area (TPSA) is 140 Å². The van der Waals surface area contributed by atoms with Crippen LogP contribution in [0.5, 0.6) is 5.75 Å². The van der Waals surface area contributed by atoms with Crippen LogP contribution in [0.1, 0.15) is 21.0 Å². The van der Waals surface area contributed by atoms with Crippen molar-refractivity contribution in [1.29, 1.82) is 5.26 Å². The third-order valence-corrected chi connectivity index (χ3v) is 5.77. The number of thiophene rings is 1. The van der Waals surface area contributed by atoms with Gasteiger partial charge in [-0.3, -0.25) is 4.98 Å². The molecule has 8 nitrogen and oxygen atoms in total. The first-order chi connectivity index (χ1) is 16.1. The zero-order chi connectivity index (χ0) is 24.9. The quantitative estimate of drug-likeness (QED) is 0.137. The van der Waals surface area contributed by atoms with Crippen LogP contribution in [-0.2, 0) is 18.1 Å². The summed E-state index contributed by atoms with van der Waals surface area (Å²) >= 11 is 1.23. The minimum absolute atomic E-state index is 0.102. The highest BCUT2D eigenvalue weighted by Gasteiger charge is 2.56. The lowest BCUT2D eigenvalue weighted by Gasteiger charge is -2.38. The molecule has 3 aromatic rings. The Morgan fingerprint density at radius 1 is 1.21 bits per heavy atom. The monoisotopic (exact) mass is 493 g/mol. The number of ether oxygens (including phenoxy) is 1. The van der Waals surface area contributed by atoms with Gasteiger partial charge in [0.1, 0.15) is 52.5 Å². The fourth-order valence-electron chi connectivity index (χ4n) is 3.14. The van der Waals surface area contributed by atoms with E-state index in [4.69, 9.17) is 27.3 Å². The standard InChI is InChI=1S/C21H19F4N7OS/c22-13-1-5-17(18(23)7-13)20(28,11-32(29)31-12-27)21(24,25)19-6-2-14(9-30-19)33-10-16-4-3-15(8-26)34-16/h1-7,9,12H,10-11,28-29H2,(H2,27,31). The summed E-state index contributed by atoms with van der Waals surface area (Å²) in [6.45, 7) is -0.791. The Balaban J connectivity index is 1.91. The normalized spacial score (nSPS) is 13.4. The Labute approximate surface area is 195 Å². The van der Waals surface area contributed by atoms with E-state index in [0.717, 1.165) is 35.6 Å². The molecule has 0 saturated heterocycles. The summed E-state index contributed by atoms with van der Waals surface area (Å²) < 4.78 is 64.9. The molecule has 34 heavy (non-hydrogen) atoms. The molecule has 0 aliphatic heterocycles. The SMILES string of the molecule is N#Cc1ccc(COc2ccc(C(F)(F)C(N)(CN(N)/N=C\N)c3ccc(F)cc3F)nc2)s1. The summed E-state index contributed by atoms with van der Waals surface area (Å²) in [4.78, 5) is 5.01. The van der Waals surface area contributed by atoms with Crippen LogP contribution in [0, 0.1) is 23.0 Å². The molecule has 178 valence electrons. The molecular weight excluding hydrogens is 474 g/mol. The van der Waals surface area contributed by atoms with Crippen molar-refractivity contribution in [2.75, 3.05) is 6.54 Å². The van der Waals surface area contributed by atoms with Crippen molar-refractivity contribution < 1.29 is 22.3 Å². The van der Waals surface area contributed by atoms with Crippen LogP contribution >= 0.6 is 11.3 Å². The van der Waals surface area contributed by atoms with E-state index in [1.165, 1.54) is 17.4 Å². The van der Waals surface area contributed by atoms with Gasteiger partial charge in [0.15, 0.2) is 0 Å². The predicted molar refractivity (Wildman–Crippen MR) is 117 cm³/mol. The third kappa shape index (κ3) is 5.09. The molecule has 1 aromatic carbocycles. The van der Waals surface area contributed by atoms with E-state index in [9.17, 15) is 8.78 Å².